The van der Waals surface area contributed by atoms with Gasteiger partial charge in [0, 0.05) is 18.8 Å². The summed E-state index contributed by atoms with van der Waals surface area (Å²) in [6.45, 7) is 8.71. The standard InChI is InChI=1S/C27H36N4O6/c1-5-21-10-7-8-11-22(21)30-25(32)18-37-23-13-12-20(16-24(23)35-6-2)17-29-31-27(34)26(33)28-14-9-15-36-19(3)4/h7-8,10-13,16-17,19H,5-6,9,14-15,18H2,1-4H3,(H,28,33)(H,30,32)(H,31,34)/b29-17-. The van der Waals surface area contributed by atoms with E-state index in [4.69, 9.17) is 14.2 Å². The van der Waals surface area contributed by atoms with Gasteiger partial charge < -0.3 is 24.8 Å². The maximum absolute atomic E-state index is 12.4. The van der Waals surface area contributed by atoms with E-state index in [1.165, 1.54) is 6.21 Å². The van der Waals surface area contributed by atoms with Gasteiger partial charge in [-0.15, -0.1) is 0 Å². The number of hydrogen-bond donors (Lipinski definition) is 3. The maximum Gasteiger partial charge on any atom is 0.329 e. The van der Waals surface area contributed by atoms with Crippen molar-refractivity contribution < 1.29 is 28.6 Å². The van der Waals surface area contributed by atoms with Crippen LogP contribution in [0.4, 0.5) is 5.69 Å². The SMILES string of the molecule is CCOc1cc(/C=N\NC(=O)C(=O)NCCCOC(C)C)ccc1OCC(=O)Nc1ccccc1CC. The number of carbonyl (C=O) groups excluding carboxylic acids is 3. The molecule has 10 nitrogen and oxygen atoms in total. The quantitative estimate of drug-likeness (QED) is 0.155. The molecule has 0 saturated heterocycles. The molecule has 0 aliphatic rings. The molecule has 200 valence electrons. The zero-order valence-electron chi connectivity index (χ0n) is 21.8. The molecule has 0 aromatic heterocycles. The first-order chi connectivity index (χ1) is 17.8. The average Bonchev–Trinajstić information content (AvgIpc) is 2.88. The second-order valence-electron chi connectivity index (χ2n) is 8.21. The molecule has 3 amide bonds. The van der Waals surface area contributed by atoms with Crippen molar-refractivity contribution in [3.8, 4) is 11.5 Å². The summed E-state index contributed by atoms with van der Waals surface area (Å²) in [7, 11) is 0. The van der Waals surface area contributed by atoms with Crippen molar-refractivity contribution in [2.45, 2.75) is 46.6 Å². The minimum Gasteiger partial charge on any atom is -0.490 e. The van der Waals surface area contributed by atoms with E-state index in [1.54, 1.807) is 18.2 Å². The molecule has 0 spiro atoms. The van der Waals surface area contributed by atoms with Gasteiger partial charge in [-0.05, 0) is 69.0 Å². The van der Waals surface area contributed by atoms with E-state index in [2.05, 4.69) is 21.2 Å². The molecule has 0 unspecified atom stereocenters. The lowest BCUT2D eigenvalue weighted by atomic mass is 10.1. The van der Waals surface area contributed by atoms with E-state index in [-0.39, 0.29) is 18.6 Å². The number of nitrogens with one attached hydrogen (secondary N) is 3. The highest BCUT2D eigenvalue weighted by Crippen LogP contribution is 2.28. The fourth-order valence-electron chi connectivity index (χ4n) is 3.16. The molecule has 2 aromatic carbocycles. The van der Waals surface area contributed by atoms with Gasteiger partial charge in [-0.2, -0.15) is 5.10 Å². The number of carbonyl (C=O) groups is 3. The zero-order valence-corrected chi connectivity index (χ0v) is 21.8. The summed E-state index contributed by atoms with van der Waals surface area (Å²) >= 11 is 0. The number of anilines is 1. The van der Waals surface area contributed by atoms with Crippen molar-refractivity contribution in [3.05, 3.63) is 53.6 Å². The first-order valence-electron chi connectivity index (χ1n) is 12.3. The summed E-state index contributed by atoms with van der Waals surface area (Å²) in [6, 6.07) is 12.6. The van der Waals surface area contributed by atoms with Gasteiger partial charge in [0.2, 0.25) is 0 Å². The molecule has 0 atom stereocenters. The zero-order chi connectivity index (χ0) is 27.0. The van der Waals surface area contributed by atoms with Crippen molar-refractivity contribution in [1.29, 1.82) is 0 Å². The molecule has 2 rings (SSSR count). The van der Waals surface area contributed by atoms with E-state index >= 15 is 0 Å². The lowest BCUT2D eigenvalue weighted by molar-refractivity contribution is -0.139. The molecular formula is C27H36N4O6. The number of hydrogen-bond acceptors (Lipinski definition) is 7. The van der Waals surface area contributed by atoms with Crippen LogP contribution in [0.25, 0.3) is 0 Å². The highest BCUT2D eigenvalue weighted by molar-refractivity contribution is 6.35. The minimum atomic E-state index is -0.873. The van der Waals surface area contributed by atoms with Gasteiger partial charge >= 0.3 is 11.8 Å². The number of benzene rings is 2. The van der Waals surface area contributed by atoms with Gasteiger partial charge in [0.25, 0.3) is 5.91 Å². The van der Waals surface area contributed by atoms with E-state index in [0.717, 1.165) is 17.7 Å². The molecule has 0 aliphatic heterocycles. The van der Waals surface area contributed by atoms with Crippen LogP contribution in [0.2, 0.25) is 0 Å². The van der Waals surface area contributed by atoms with Crippen LogP contribution in [0.1, 0.15) is 45.2 Å². The Balaban J connectivity index is 1.87. The van der Waals surface area contributed by atoms with Crippen molar-refractivity contribution >= 4 is 29.6 Å². The first kappa shape index (κ1) is 29.3. The summed E-state index contributed by atoms with van der Waals surface area (Å²) < 4.78 is 16.7. The van der Waals surface area contributed by atoms with Crippen LogP contribution < -0.4 is 25.5 Å². The van der Waals surface area contributed by atoms with Crippen LogP contribution in [0.5, 0.6) is 11.5 Å². The molecular weight excluding hydrogens is 476 g/mol. The summed E-state index contributed by atoms with van der Waals surface area (Å²) in [4.78, 5) is 36.1. The topological polar surface area (TPSA) is 127 Å². The molecule has 0 aliphatic carbocycles. The molecule has 0 saturated carbocycles. The third-order valence-corrected chi connectivity index (χ3v) is 4.94. The molecule has 37 heavy (non-hydrogen) atoms. The monoisotopic (exact) mass is 512 g/mol. The van der Waals surface area contributed by atoms with Crippen LogP contribution in [0, 0.1) is 0 Å². The molecule has 0 bridgehead atoms. The molecule has 0 fully saturated rings. The Morgan fingerprint density at radius 1 is 1.00 bits per heavy atom. The van der Waals surface area contributed by atoms with Crippen molar-refractivity contribution in [2.24, 2.45) is 5.10 Å². The Hall–Kier alpha value is -3.92. The fourth-order valence-corrected chi connectivity index (χ4v) is 3.16. The van der Waals surface area contributed by atoms with Gasteiger partial charge in [0.1, 0.15) is 0 Å². The smallest absolute Gasteiger partial charge is 0.329 e. The van der Waals surface area contributed by atoms with E-state index in [0.29, 0.717) is 43.2 Å². The van der Waals surface area contributed by atoms with Crippen LogP contribution >= 0.6 is 0 Å². The maximum atomic E-state index is 12.4. The predicted octanol–water partition coefficient (Wildman–Crippen LogP) is 3.05. The highest BCUT2D eigenvalue weighted by Gasteiger charge is 2.13. The van der Waals surface area contributed by atoms with Crippen LogP contribution in [0.3, 0.4) is 0 Å². The Labute approximate surface area is 217 Å². The summed E-state index contributed by atoms with van der Waals surface area (Å²) in [5.74, 6) is -1.13. The van der Waals surface area contributed by atoms with Gasteiger partial charge in [-0.3, -0.25) is 14.4 Å². The predicted molar refractivity (Wildman–Crippen MR) is 142 cm³/mol. The van der Waals surface area contributed by atoms with Gasteiger partial charge in [-0.25, -0.2) is 5.43 Å². The molecule has 0 heterocycles. The number of aryl methyl sites for hydroxylation is 1. The van der Waals surface area contributed by atoms with Gasteiger partial charge in [0.15, 0.2) is 18.1 Å². The Kier molecular flexibility index (Phi) is 12.6. The Morgan fingerprint density at radius 2 is 1.78 bits per heavy atom. The summed E-state index contributed by atoms with van der Waals surface area (Å²) in [6.07, 6.45) is 2.89. The number of ether oxygens (including phenoxy) is 3. The second kappa shape index (κ2) is 15.9. The third kappa shape index (κ3) is 10.7. The van der Waals surface area contributed by atoms with Gasteiger partial charge in [0.05, 0.1) is 18.9 Å². The van der Waals surface area contributed by atoms with E-state index < -0.39 is 11.8 Å². The van der Waals surface area contributed by atoms with Crippen molar-refractivity contribution in [2.75, 3.05) is 31.7 Å². The summed E-state index contributed by atoms with van der Waals surface area (Å²) in [5.41, 5.74) is 4.58. The number of para-hydroxylation sites is 1. The number of nitrogens with zero attached hydrogens (tertiary/aromatic N) is 1. The molecule has 2 aromatic rings. The number of hydrazone groups is 1. The fraction of sp³-hybridized carbons (Fsp3) is 0.407. The number of rotatable bonds is 14. The lowest BCUT2D eigenvalue weighted by Gasteiger charge is -2.13. The largest absolute Gasteiger partial charge is 0.490 e. The van der Waals surface area contributed by atoms with Crippen LogP contribution in [-0.4, -0.2) is 56.4 Å². The number of amides is 3. The Bertz CT molecular complexity index is 1070. The normalized spacial score (nSPS) is 10.8. The van der Waals surface area contributed by atoms with Crippen LogP contribution in [0.15, 0.2) is 47.6 Å². The minimum absolute atomic E-state index is 0.116. The average molecular weight is 513 g/mol. The first-order valence-corrected chi connectivity index (χ1v) is 12.3. The molecule has 3 N–H and O–H groups in total. The van der Waals surface area contributed by atoms with E-state index in [1.807, 2.05) is 52.0 Å². The van der Waals surface area contributed by atoms with Crippen molar-refractivity contribution in [1.82, 2.24) is 10.7 Å². The summed E-state index contributed by atoms with van der Waals surface area (Å²) in [5, 5.41) is 9.20. The van der Waals surface area contributed by atoms with E-state index in [9.17, 15) is 14.4 Å². The molecule has 10 heteroatoms. The third-order valence-electron chi connectivity index (χ3n) is 4.94. The lowest BCUT2D eigenvalue weighted by Crippen LogP contribution is -2.38. The van der Waals surface area contributed by atoms with Crippen LogP contribution in [-0.2, 0) is 25.5 Å². The Morgan fingerprint density at radius 3 is 2.51 bits per heavy atom. The molecule has 0 radical (unpaired) electrons. The second-order valence-corrected chi connectivity index (χ2v) is 8.21. The van der Waals surface area contributed by atoms with Gasteiger partial charge in [-0.1, -0.05) is 25.1 Å². The highest BCUT2D eigenvalue weighted by atomic mass is 16.5. The van der Waals surface area contributed by atoms with Crippen molar-refractivity contribution in [3.63, 3.8) is 0 Å².